The van der Waals surface area contributed by atoms with Crippen LogP contribution >= 0.6 is 0 Å². The number of rotatable bonds is 1. The van der Waals surface area contributed by atoms with E-state index < -0.39 is 0 Å². The second-order valence-corrected chi connectivity index (χ2v) is 5.35. The van der Waals surface area contributed by atoms with E-state index in [1.54, 1.807) is 11.1 Å². The number of hydrogen-bond donors (Lipinski definition) is 0. The summed E-state index contributed by atoms with van der Waals surface area (Å²) in [5.74, 6) is 0.787. The zero-order valence-electron chi connectivity index (χ0n) is 9.51. The Labute approximate surface area is 87.3 Å². The van der Waals surface area contributed by atoms with Crippen LogP contribution in [0.25, 0.3) is 0 Å². The molecule has 0 saturated heterocycles. The Balaban J connectivity index is 2.41. The normalized spacial score (nSPS) is 24.4. The van der Waals surface area contributed by atoms with E-state index in [1.165, 1.54) is 19.3 Å². The van der Waals surface area contributed by atoms with E-state index in [9.17, 15) is 0 Å². The summed E-state index contributed by atoms with van der Waals surface area (Å²) in [5, 5.41) is 0. The number of benzene rings is 1. The molecule has 0 nitrogen and oxygen atoms in total. The minimum absolute atomic E-state index is 0.495. The lowest BCUT2D eigenvalue weighted by Gasteiger charge is -2.36. The standard InChI is InChI=1S/C14H20/c1-4-11-9-14(2,3)10-12-7-5-6-8-13(11)12/h5-8,11H,4,9-10H2,1-3H3/t11-/m1/s1. The maximum atomic E-state index is 2.39. The molecular formula is C14H20. The molecule has 2 rings (SSSR count). The molecule has 1 aliphatic rings. The highest BCUT2D eigenvalue weighted by Crippen LogP contribution is 2.43. The summed E-state index contributed by atoms with van der Waals surface area (Å²) in [5.41, 5.74) is 3.68. The lowest BCUT2D eigenvalue weighted by molar-refractivity contribution is 0.277. The van der Waals surface area contributed by atoms with Gasteiger partial charge in [-0.25, -0.2) is 0 Å². The fourth-order valence-corrected chi connectivity index (χ4v) is 2.82. The van der Waals surface area contributed by atoms with Gasteiger partial charge in [0, 0.05) is 0 Å². The Hall–Kier alpha value is -0.780. The molecule has 0 aliphatic heterocycles. The van der Waals surface area contributed by atoms with Gasteiger partial charge in [0.1, 0.15) is 0 Å². The first-order chi connectivity index (χ1) is 6.62. The lowest BCUT2D eigenvalue weighted by atomic mass is 9.68. The van der Waals surface area contributed by atoms with Gasteiger partial charge in [-0.05, 0) is 41.7 Å². The van der Waals surface area contributed by atoms with Crippen molar-refractivity contribution < 1.29 is 0 Å². The molecule has 0 amide bonds. The summed E-state index contributed by atoms with van der Waals surface area (Å²) < 4.78 is 0. The third kappa shape index (κ3) is 1.70. The Kier molecular flexibility index (Phi) is 2.38. The zero-order chi connectivity index (χ0) is 10.2. The Morgan fingerprint density at radius 2 is 2.00 bits per heavy atom. The average Bonchev–Trinajstić information content (AvgIpc) is 2.15. The van der Waals surface area contributed by atoms with E-state index in [0.29, 0.717) is 5.41 Å². The van der Waals surface area contributed by atoms with Crippen molar-refractivity contribution in [3.63, 3.8) is 0 Å². The summed E-state index contributed by atoms with van der Waals surface area (Å²) in [4.78, 5) is 0. The molecule has 0 unspecified atom stereocenters. The van der Waals surface area contributed by atoms with Crippen molar-refractivity contribution in [2.45, 2.75) is 46.0 Å². The first-order valence-corrected chi connectivity index (χ1v) is 5.70. The molecule has 0 bridgehead atoms. The first-order valence-electron chi connectivity index (χ1n) is 5.70. The van der Waals surface area contributed by atoms with Crippen molar-refractivity contribution in [1.82, 2.24) is 0 Å². The minimum atomic E-state index is 0.495. The molecule has 0 radical (unpaired) electrons. The van der Waals surface area contributed by atoms with Crippen LogP contribution in [-0.2, 0) is 6.42 Å². The van der Waals surface area contributed by atoms with E-state index in [0.717, 1.165) is 5.92 Å². The quantitative estimate of drug-likeness (QED) is 0.621. The molecule has 0 fully saturated rings. The van der Waals surface area contributed by atoms with Crippen molar-refractivity contribution >= 4 is 0 Å². The fraction of sp³-hybridized carbons (Fsp3) is 0.571. The minimum Gasteiger partial charge on any atom is -0.0648 e. The summed E-state index contributed by atoms with van der Waals surface area (Å²) in [6.45, 7) is 7.10. The molecule has 1 atom stereocenters. The van der Waals surface area contributed by atoms with Crippen molar-refractivity contribution in [2.75, 3.05) is 0 Å². The van der Waals surface area contributed by atoms with Crippen LogP contribution in [0.5, 0.6) is 0 Å². The van der Waals surface area contributed by atoms with Gasteiger partial charge >= 0.3 is 0 Å². The van der Waals surface area contributed by atoms with Gasteiger partial charge in [-0.15, -0.1) is 0 Å². The second kappa shape index (κ2) is 3.42. The van der Waals surface area contributed by atoms with Gasteiger partial charge in [-0.1, -0.05) is 45.0 Å². The molecule has 0 spiro atoms. The average molecular weight is 188 g/mol. The van der Waals surface area contributed by atoms with E-state index in [4.69, 9.17) is 0 Å². The van der Waals surface area contributed by atoms with Crippen LogP contribution in [0.3, 0.4) is 0 Å². The van der Waals surface area contributed by atoms with Gasteiger partial charge in [-0.2, -0.15) is 0 Å². The maximum Gasteiger partial charge on any atom is -0.0157 e. The molecule has 0 heterocycles. The van der Waals surface area contributed by atoms with Crippen LogP contribution < -0.4 is 0 Å². The van der Waals surface area contributed by atoms with Crippen LogP contribution in [-0.4, -0.2) is 0 Å². The van der Waals surface area contributed by atoms with Gasteiger partial charge < -0.3 is 0 Å². The monoisotopic (exact) mass is 188 g/mol. The molecular weight excluding hydrogens is 168 g/mol. The van der Waals surface area contributed by atoms with Gasteiger partial charge in [0.05, 0.1) is 0 Å². The van der Waals surface area contributed by atoms with Crippen LogP contribution in [0.1, 0.15) is 50.7 Å². The van der Waals surface area contributed by atoms with Crippen molar-refractivity contribution in [3.8, 4) is 0 Å². The van der Waals surface area contributed by atoms with Crippen molar-refractivity contribution in [1.29, 1.82) is 0 Å². The Bertz CT molecular complexity index is 323. The van der Waals surface area contributed by atoms with Crippen LogP contribution in [0.4, 0.5) is 0 Å². The molecule has 1 aromatic carbocycles. The first kappa shape index (κ1) is 9.76. The fourth-order valence-electron chi connectivity index (χ4n) is 2.82. The molecule has 0 heteroatoms. The molecule has 76 valence electrons. The van der Waals surface area contributed by atoms with Crippen LogP contribution in [0.2, 0.25) is 0 Å². The molecule has 0 aromatic heterocycles. The van der Waals surface area contributed by atoms with Crippen molar-refractivity contribution in [3.05, 3.63) is 35.4 Å². The molecule has 1 aliphatic carbocycles. The maximum absolute atomic E-state index is 2.39. The second-order valence-electron chi connectivity index (χ2n) is 5.35. The van der Waals surface area contributed by atoms with E-state index in [-0.39, 0.29) is 0 Å². The molecule has 0 saturated carbocycles. The highest BCUT2D eigenvalue weighted by molar-refractivity contribution is 5.33. The summed E-state index contributed by atoms with van der Waals surface area (Å²) in [7, 11) is 0. The molecule has 0 N–H and O–H groups in total. The van der Waals surface area contributed by atoms with Crippen LogP contribution in [0, 0.1) is 5.41 Å². The molecule has 1 aromatic rings. The van der Waals surface area contributed by atoms with E-state index in [2.05, 4.69) is 45.0 Å². The van der Waals surface area contributed by atoms with Gasteiger partial charge in [0.2, 0.25) is 0 Å². The topological polar surface area (TPSA) is 0 Å². The highest BCUT2D eigenvalue weighted by Gasteiger charge is 2.30. The van der Waals surface area contributed by atoms with Crippen molar-refractivity contribution in [2.24, 2.45) is 5.41 Å². The van der Waals surface area contributed by atoms with Gasteiger partial charge in [-0.3, -0.25) is 0 Å². The molecule has 14 heavy (non-hydrogen) atoms. The predicted octanol–water partition coefficient (Wildman–Crippen LogP) is 4.15. The SMILES string of the molecule is CC[C@@H]1CC(C)(C)Cc2ccccc21. The van der Waals surface area contributed by atoms with Gasteiger partial charge in [0.25, 0.3) is 0 Å². The smallest absolute Gasteiger partial charge is 0.0157 e. The Morgan fingerprint density at radius 1 is 1.29 bits per heavy atom. The lowest BCUT2D eigenvalue weighted by Crippen LogP contribution is -2.25. The highest BCUT2D eigenvalue weighted by atomic mass is 14.3. The third-order valence-electron chi connectivity index (χ3n) is 3.46. The number of fused-ring (bicyclic) bond motifs is 1. The summed E-state index contributed by atoms with van der Waals surface area (Å²) in [6, 6.07) is 8.98. The Morgan fingerprint density at radius 3 is 2.71 bits per heavy atom. The number of hydrogen-bond acceptors (Lipinski definition) is 0. The third-order valence-corrected chi connectivity index (χ3v) is 3.46. The largest absolute Gasteiger partial charge is 0.0648 e. The summed E-state index contributed by atoms with van der Waals surface area (Å²) in [6.07, 6.45) is 3.88. The van der Waals surface area contributed by atoms with Gasteiger partial charge in [0.15, 0.2) is 0 Å². The zero-order valence-corrected chi connectivity index (χ0v) is 9.51. The van der Waals surface area contributed by atoms with E-state index >= 15 is 0 Å². The van der Waals surface area contributed by atoms with Crippen LogP contribution in [0.15, 0.2) is 24.3 Å². The summed E-state index contributed by atoms with van der Waals surface area (Å²) >= 11 is 0. The predicted molar refractivity (Wildman–Crippen MR) is 61.6 cm³/mol. The van der Waals surface area contributed by atoms with E-state index in [1.807, 2.05) is 0 Å².